The van der Waals surface area contributed by atoms with Gasteiger partial charge < -0.3 is 14.5 Å². The highest BCUT2D eigenvalue weighted by atomic mass is 16.6. The maximum Gasteiger partial charge on any atom is 0.410 e. The number of rotatable bonds is 5. The molecule has 43 heavy (non-hydrogen) atoms. The van der Waals surface area contributed by atoms with E-state index < -0.39 is 5.60 Å². The molecule has 0 spiro atoms. The van der Waals surface area contributed by atoms with Crippen LogP contribution in [0.4, 0.5) is 10.6 Å². The van der Waals surface area contributed by atoms with Gasteiger partial charge in [0.25, 0.3) is 0 Å². The molecule has 2 fully saturated rings. The number of ether oxygens (including phenoxy) is 1. The van der Waals surface area contributed by atoms with Crippen LogP contribution in [-0.2, 0) is 11.3 Å². The molecule has 2 saturated heterocycles. The summed E-state index contributed by atoms with van der Waals surface area (Å²) in [6.45, 7) is 12.9. The maximum absolute atomic E-state index is 12.6. The molecule has 3 aliphatic heterocycles. The number of nitriles is 1. The van der Waals surface area contributed by atoms with Gasteiger partial charge in [-0.15, -0.1) is 0 Å². The SMILES string of the molecule is CC(C)(C)OC(=O)N1CCN(C2CC=C(c3ccc(N4CCN(Cc5ccccn5)CC4)nc3)c3c(C#N)cnn32)CC1. The highest BCUT2D eigenvalue weighted by molar-refractivity contribution is 5.81. The fourth-order valence-corrected chi connectivity index (χ4v) is 6.03. The van der Waals surface area contributed by atoms with Gasteiger partial charge in [0.15, 0.2) is 0 Å². The van der Waals surface area contributed by atoms with Gasteiger partial charge in [-0.1, -0.05) is 12.1 Å². The van der Waals surface area contributed by atoms with Gasteiger partial charge >= 0.3 is 6.09 Å². The molecule has 1 unspecified atom stereocenters. The molecule has 6 heterocycles. The van der Waals surface area contributed by atoms with E-state index in [1.165, 1.54) is 0 Å². The first-order valence-electron chi connectivity index (χ1n) is 15.0. The number of pyridine rings is 2. The van der Waals surface area contributed by atoms with Crippen LogP contribution in [0.25, 0.3) is 5.57 Å². The van der Waals surface area contributed by atoms with Gasteiger partial charge in [-0.25, -0.2) is 14.5 Å². The van der Waals surface area contributed by atoms with E-state index in [0.29, 0.717) is 31.7 Å². The summed E-state index contributed by atoms with van der Waals surface area (Å²) in [6.07, 6.45) is 8.09. The van der Waals surface area contributed by atoms with Crippen molar-refractivity contribution in [3.63, 3.8) is 0 Å². The number of nitrogens with zero attached hydrogens (tertiary/aromatic N) is 9. The summed E-state index contributed by atoms with van der Waals surface area (Å²) in [5, 5.41) is 14.6. The Balaban J connectivity index is 1.11. The minimum absolute atomic E-state index is 0.0174. The van der Waals surface area contributed by atoms with E-state index >= 15 is 0 Å². The Morgan fingerprint density at radius 2 is 1.79 bits per heavy atom. The number of fused-ring (bicyclic) bond motifs is 1. The van der Waals surface area contributed by atoms with Gasteiger partial charge in [-0.3, -0.25) is 14.8 Å². The lowest BCUT2D eigenvalue weighted by Gasteiger charge is -2.40. The molecule has 0 N–H and O–H groups in total. The third kappa shape index (κ3) is 6.40. The van der Waals surface area contributed by atoms with E-state index in [-0.39, 0.29) is 12.3 Å². The van der Waals surface area contributed by atoms with Crippen molar-refractivity contribution in [2.45, 2.75) is 45.5 Å². The summed E-state index contributed by atoms with van der Waals surface area (Å²) >= 11 is 0. The molecular weight excluding hydrogens is 542 g/mol. The summed E-state index contributed by atoms with van der Waals surface area (Å²) in [4.78, 5) is 30.7. The number of carbonyl (C=O) groups is 1. The quantitative estimate of drug-likeness (QED) is 0.445. The number of anilines is 1. The zero-order valence-corrected chi connectivity index (χ0v) is 25.2. The highest BCUT2D eigenvalue weighted by Crippen LogP contribution is 2.36. The van der Waals surface area contributed by atoms with Crippen molar-refractivity contribution >= 4 is 17.5 Å². The average molecular weight is 582 g/mol. The highest BCUT2D eigenvalue weighted by Gasteiger charge is 2.34. The Bertz CT molecular complexity index is 1490. The average Bonchev–Trinajstić information content (AvgIpc) is 3.45. The Labute approximate surface area is 253 Å². The molecule has 11 nitrogen and oxygen atoms in total. The van der Waals surface area contributed by atoms with E-state index in [0.717, 1.165) is 67.5 Å². The molecule has 0 aliphatic carbocycles. The van der Waals surface area contributed by atoms with E-state index in [2.05, 4.69) is 55.1 Å². The third-order valence-corrected chi connectivity index (χ3v) is 8.24. The minimum atomic E-state index is -0.515. The van der Waals surface area contributed by atoms with Crippen LogP contribution in [0.5, 0.6) is 0 Å². The van der Waals surface area contributed by atoms with Crippen LogP contribution in [0.15, 0.2) is 55.0 Å². The Morgan fingerprint density at radius 1 is 1.00 bits per heavy atom. The lowest BCUT2D eigenvalue weighted by atomic mass is 9.96. The number of carbonyl (C=O) groups excluding carboxylic acids is 1. The molecule has 0 radical (unpaired) electrons. The Morgan fingerprint density at radius 3 is 2.44 bits per heavy atom. The first-order valence-corrected chi connectivity index (χ1v) is 15.0. The Kier molecular flexibility index (Phi) is 8.15. The Hall–Kier alpha value is -4.27. The number of hydrogen-bond acceptors (Lipinski definition) is 9. The summed E-state index contributed by atoms with van der Waals surface area (Å²) in [5.41, 5.74) is 3.92. The summed E-state index contributed by atoms with van der Waals surface area (Å²) in [7, 11) is 0. The van der Waals surface area contributed by atoms with Crippen molar-refractivity contribution in [2.75, 3.05) is 57.3 Å². The molecule has 0 bridgehead atoms. The van der Waals surface area contributed by atoms with Gasteiger partial charge in [-0.05, 0) is 45.0 Å². The van der Waals surface area contributed by atoms with Crippen LogP contribution in [0.2, 0.25) is 0 Å². The van der Waals surface area contributed by atoms with Gasteiger partial charge in [-0.2, -0.15) is 10.4 Å². The fourth-order valence-electron chi connectivity index (χ4n) is 6.03. The van der Waals surface area contributed by atoms with Gasteiger partial charge in [0.05, 0.1) is 23.1 Å². The smallest absolute Gasteiger partial charge is 0.410 e. The predicted octanol–water partition coefficient (Wildman–Crippen LogP) is 3.75. The zero-order valence-electron chi connectivity index (χ0n) is 25.2. The van der Waals surface area contributed by atoms with Crippen molar-refractivity contribution in [1.82, 2.24) is 34.4 Å². The molecular formula is C32H39N9O2. The van der Waals surface area contributed by atoms with Crippen LogP contribution < -0.4 is 4.90 Å². The first-order chi connectivity index (χ1) is 20.8. The molecule has 6 rings (SSSR count). The van der Waals surface area contributed by atoms with Crippen LogP contribution in [0.1, 0.15) is 55.9 Å². The molecule has 3 aromatic rings. The van der Waals surface area contributed by atoms with Crippen molar-refractivity contribution in [1.29, 1.82) is 5.26 Å². The summed E-state index contributed by atoms with van der Waals surface area (Å²) < 4.78 is 7.54. The van der Waals surface area contributed by atoms with Crippen LogP contribution >= 0.6 is 0 Å². The number of hydrogen-bond donors (Lipinski definition) is 0. The second kappa shape index (κ2) is 12.1. The van der Waals surface area contributed by atoms with Gasteiger partial charge in [0.2, 0.25) is 0 Å². The lowest BCUT2D eigenvalue weighted by Crippen LogP contribution is -2.52. The molecule has 11 heteroatoms. The van der Waals surface area contributed by atoms with Gasteiger partial charge in [0.1, 0.15) is 23.7 Å². The molecule has 3 aromatic heterocycles. The maximum atomic E-state index is 12.6. The van der Waals surface area contributed by atoms with Crippen molar-refractivity contribution in [3.05, 3.63) is 77.5 Å². The molecule has 1 amide bonds. The zero-order chi connectivity index (χ0) is 30.0. The monoisotopic (exact) mass is 581 g/mol. The topological polar surface area (TPSA) is 107 Å². The number of amides is 1. The van der Waals surface area contributed by atoms with Gasteiger partial charge in [0, 0.05) is 88.9 Å². The second-order valence-electron chi connectivity index (χ2n) is 12.3. The van der Waals surface area contributed by atoms with E-state index in [4.69, 9.17) is 9.72 Å². The standard InChI is InChI=1S/C32H39N9O2/c1-32(2,3)43-31(42)40-18-16-39(17-19-40)29-10-8-27(30-25(20-33)22-36-41(29)30)24-7-9-28(35-21-24)38-14-12-37(13-15-38)23-26-6-4-5-11-34-26/h4-9,11,21-22,29H,10,12-19,23H2,1-3H3. The fraction of sp³-hybridized carbons (Fsp3) is 0.469. The van der Waals surface area contributed by atoms with Crippen molar-refractivity contribution < 1.29 is 9.53 Å². The van der Waals surface area contributed by atoms with Crippen molar-refractivity contribution in [3.8, 4) is 6.07 Å². The molecule has 0 aromatic carbocycles. The number of aromatic nitrogens is 4. The third-order valence-electron chi connectivity index (χ3n) is 8.24. The van der Waals surface area contributed by atoms with Crippen molar-refractivity contribution in [2.24, 2.45) is 0 Å². The van der Waals surface area contributed by atoms with E-state index in [9.17, 15) is 10.1 Å². The summed E-state index contributed by atoms with van der Waals surface area (Å²) in [5.74, 6) is 0.965. The lowest BCUT2D eigenvalue weighted by molar-refractivity contribution is 0.00388. The van der Waals surface area contributed by atoms with E-state index in [1.807, 2.05) is 50.0 Å². The van der Waals surface area contributed by atoms with Crippen LogP contribution in [0, 0.1) is 11.3 Å². The van der Waals surface area contributed by atoms with Crippen LogP contribution in [-0.4, -0.2) is 98.5 Å². The molecule has 224 valence electrons. The largest absolute Gasteiger partial charge is 0.444 e. The van der Waals surface area contributed by atoms with Crippen LogP contribution in [0.3, 0.4) is 0 Å². The summed E-state index contributed by atoms with van der Waals surface area (Å²) in [6, 6.07) is 12.6. The van der Waals surface area contributed by atoms with E-state index in [1.54, 1.807) is 11.1 Å². The molecule has 3 aliphatic rings. The second-order valence-corrected chi connectivity index (χ2v) is 12.3. The predicted molar refractivity (Wildman–Crippen MR) is 163 cm³/mol. The molecule has 1 atom stereocenters. The normalized spacial score (nSPS) is 19.9. The minimum Gasteiger partial charge on any atom is -0.444 e. The molecule has 0 saturated carbocycles. The number of piperazine rings is 2. The first kappa shape index (κ1) is 28.8.